The monoisotopic (exact) mass is 460 g/mol. The Hall–Kier alpha value is -1.54. The zero-order chi connectivity index (χ0) is 16.5. The van der Waals surface area contributed by atoms with E-state index in [-0.39, 0.29) is 24.0 Å². The summed E-state index contributed by atoms with van der Waals surface area (Å²) in [4.78, 5) is 10.3. The molecule has 130 valence electrons. The third-order valence-corrected chi connectivity index (χ3v) is 3.41. The van der Waals surface area contributed by atoms with E-state index in [9.17, 15) is 0 Å². The highest BCUT2D eigenvalue weighted by Crippen LogP contribution is 2.12. The molecule has 0 saturated carbocycles. The van der Waals surface area contributed by atoms with Gasteiger partial charge in [-0.1, -0.05) is 23.7 Å². The van der Waals surface area contributed by atoms with Crippen molar-refractivity contribution in [3.8, 4) is 5.75 Å². The minimum atomic E-state index is 0. The fraction of sp³-hybridized carbons (Fsp3) is 0.294. The van der Waals surface area contributed by atoms with Crippen LogP contribution in [-0.4, -0.2) is 43.1 Å². The van der Waals surface area contributed by atoms with E-state index in [0.717, 1.165) is 28.8 Å². The van der Waals surface area contributed by atoms with Crippen LogP contribution in [0.2, 0.25) is 5.02 Å². The number of hydrogen-bond acceptors (Lipinski definition) is 3. The Morgan fingerprint density at radius 3 is 2.83 bits per heavy atom. The van der Waals surface area contributed by atoms with Crippen LogP contribution in [0.5, 0.6) is 5.75 Å². The molecular weight excluding hydrogens is 439 g/mol. The Bertz CT molecular complexity index is 639. The number of aliphatic imine (C=N–C) groups is 1. The van der Waals surface area contributed by atoms with Gasteiger partial charge in [-0.25, -0.2) is 0 Å². The molecule has 0 aliphatic carbocycles. The largest absolute Gasteiger partial charge is 0.490 e. The molecule has 5 nitrogen and oxygen atoms in total. The van der Waals surface area contributed by atoms with Crippen molar-refractivity contribution < 1.29 is 4.74 Å². The number of pyridine rings is 1. The number of benzene rings is 1. The third-order valence-electron chi connectivity index (χ3n) is 3.17. The summed E-state index contributed by atoms with van der Waals surface area (Å²) >= 11 is 6.02. The molecule has 0 radical (unpaired) electrons. The van der Waals surface area contributed by atoms with Crippen molar-refractivity contribution in [1.29, 1.82) is 0 Å². The maximum Gasteiger partial charge on any atom is 0.193 e. The third kappa shape index (κ3) is 6.92. The van der Waals surface area contributed by atoms with Crippen LogP contribution in [0.15, 0.2) is 53.8 Å². The van der Waals surface area contributed by atoms with Crippen LogP contribution < -0.4 is 10.1 Å². The SMILES string of the molecule is CN=C(NCCOc1cccnc1)N(C)Cc1cccc(Cl)c1.I. The molecule has 0 aliphatic rings. The predicted octanol–water partition coefficient (Wildman–Crippen LogP) is 3.44. The first-order valence-corrected chi connectivity index (χ1v) is 7.76. The van der Waals surface area contributed by atoms with Crippen molar-refractivity contribution in [2.24, 2.45) is 4.99 Å². The van der Waals surface area contributed by atoms with E-state index in [1.807, 2.05) is 48.3 Å². The Labute approximate surface area is 165 Å². The van der Waals surface area contributed by atoms with Gasteiger partial charge in [0.1, 0.15) is 12.4 Å². The lowest BCUT2D eigenvalue weighted by Crippen LogP contribution is -2.40. The number of rotatable bonds is 6. The minimum absolute atomic E-state index is 0. The number of ether oxygens (including phenoxy) is 1. The zero-order valence-electron chi connectivity index (χ0n) is 13.8. The Balaban J connectivity index is 0.00000288. The van der Waals surface area contributed by atoms with Gasteiger partial charge in [0.05, 0.1) is 12.7 Å². The van der Waals surface area contributed by atoms with Gasteiger partial charge in [-0.3, -0.25) is 9.98 Å². The van der Waals surface area contributed by atoms with Gasteiger partial charge in [0.15, 0.2) is 5.96 Å². The van der Waals surface area contributed by atoms with Crippen LogP contribution in [0.25, 0.3) is 0 Å². The van der Waals surface area contributed by atoms with Crippen LogP contribution in [-0.2, 0) is 6.54 Å². The summed E-state index contributed by atoms with van der Waals surface area (Å²) in [5.74, 6) is 1.57. The van der Waals surface area contributed by atoms with Gasteiger partial charge in [0.25, 0.3) is 0 Å². The second-order valence-corrected chi connectivity index (χ2v) is 5.43. The molecule has 0 aliphatic heterocycles. The second kappa shape index (κ2) is 11.1. The van der Waals surface area contributed by atoms with Crippen molar-refractivity contribution in [2.45, 2.75) is 6.54 Å². The number of guanidine groups is 1. The molecule has 1 aromatic carbocycles. The molecule has 0 atom stereocenters. The molecule has 0 fully saturated rings. The van der Waals surface area contributed by atoms with E-state index in [1.165, 1.54) is 0 Å². The number of aromatic nitrogens is 1. The first kappa shape index (κ1) is 20.5. The molecule has 7 heteroatoms. The zero-order valence-corrected chi connectivity index (χ0v) is 16.9. The van der Waals surface area contributed by atoms with E-state index in [4.69, 9.17) is 16.3 Å². The van der Waals surface area contributed by atoms with Crippen molar-refractivity contribution in [3.63, 3.8) is 0 Å². The lowest BCUT2D eigenvalue weighted by molar-refractivity contribution is 0.318. The van der Waals surface area contributed by atoms with Crippen molar-refractivity contribution in [2.75, 3.05) is 27.2 Å². The molecule has 0 saturated heterocycles. The molecule has 0 spiro atoms. The van der Waals surface area contributed by atoms with E-state index < -0.39 is 0 Å². The fourth-order valence-electron chi connectivity index (χ4n) is 2.13. The molecule has 0 amide bonds. The molecule has 2 aromatic rings. The number of nitrogens with zero attached hydrogens (tertiary/aromatic N) is 3. The molecular formula is C17H22ClIN4O. The van der Waals surface area contributed by atoms with E-state index >= 15 is 0 Å². The van der Waals surface area contributed by atoms with Crippen LogP contribution in [0, 0.1) is 0 Å². The quantitative estimate of drug-likeness (QED) is 0.311. The van der Waals surface area contributed by atoms with Crippen LogP contribution >= 0.6 is 35.6 Å². The van der Waals surface area contributed by atoms with Crippen molar-refractivity contribution in [1.82, 2.24) is 15.2 Å². The standard InChI is InChI=1S/C17H21ClN4O.HI/c1-19-17(21-9-10-23-16-7-4-8-20-12-16)22(2)13-14-5-3-6-15(18)11-14;/h3-8,11-12H,9-10,13H2,1-2H3,(H,19,21);1H. The summed E-state index contributed by atoms with van der Waals surface area (Å²) in [5, 5.41) is 4.01. The highest BCUT2D eigenvalue weighted by molar-refractivity contribution is 14.0. The maximum absolute atomic E-state index is 6.02. The van der Waals surface area contributed by atoms with Crippen molar-refractivity contribution in [3.05, 3.63) is 59.4 Å². The minimum Gasteiger partial charge on any atom is -0.490 e. The highest BCUT2D eigenvalue weighted by atomic mass is 127. The first-order chi connectivity index (χ1) is 11.2. The topological polar surface area (TPSA) is 49.8 Å². The molecule has 0 bridgehead atoms. The van der Waals surface area contributed by atoms with Gasteiger partial charge in [-0.05, 0) is 29.8 Å². The highest BCUT2D eigenvalue weighted by Gasteiger charge is 2.06. The maximum atomic E-state index is 6.02. The van der Waals surface area contributed by atoms with Gasteiger partial charge in [-0.15, -0.1) is 24.0 Å². The average Bonchev–Trinajstić information content (AvgIpc) is 2.56. The normalized spacial score (nSPS) is 10.7. The Kier molecular flexibility index (Phi) is 9.48. The lowest BCUT2D eigenvalue weighted by atomic mass is 10.2. The van der Waals surface area contributed by atoms with Crippen molar-refractivity contribution >= 4 is 41.5 Å². The Morgan fingerprint density at radius 1 is 1.33 bits per heavy atom. The van der Waals surface area contributed by atoms with Gasteiger partial charge in [0, 0.05) is 31.9 Å². The average molecular weight is 461 g/mol. The molecule has 24 heavy (non-hydrogen) atoms. The van der Waals surface area contributed by atoms with Gasteiger partial charge in [-0.2, -0.15) is 0 Å². The van der Waals surface area contributed by atoms with Crippen LogP contribution in [0.3, 0.4) is 0 Å². The summed E-state index contributed by atoms with van der Waals surface area (Å²) in [7, 11) is 3.75. The van der Waals surface area contributed by atoms with Gasteiger partial charge < -0.3 is 15.0 Å². The van der Waals surface area contributed by atoms with E-state index in [0.29, 0.717) is 13.2 Å². The first-order valence-electron chi connectivity index (χ1n) is 7.38. The second-order valence-electron chi connectivity index (χ2n) is 5.00. The summed E-state index contributed by atoms with van der Waals surface area (Å²) < 4.78 is 5.60. The summed E-state index contributed by atoms with van der Waals surface area (Å²) in [6, 6.07) is 11.5. The fourth-order valence-corrected chi connectivity index (χ4v) is 2.35. The summed E-state index contributed by atoms with van der Waals surface area (Å²) in [6.07, 6.45) is 3.41. The number of nitrogens with one attached hydrogen (secondary N) is 1. The van der Waals surface area contributed by atoms with Crippen LogP contribution in [0.4, 0.5) is 0 Å². The number of halogens is 2. The molecule has 0 unspecified atom stereocenters. The van der Waals surface area contributed by atoms with Gasteiger partial charge >= 0.3 is 0 Å². The lowest BCUT2D eigenvalue weighted by Gasteiger charge is -2.22. The molecule has 2 rings (SSSR count). The molecule has 1 heterocycles. The van der Waals surface area contributed by atoms with E-state index in [2.05, 4.69) is 15.3 Å². The predicted molar refractivity (Wildman–Crippen MR) is 109 cm³/mol. The molecule has 1 aromatic heterocycles. The smallest absolute Gasteiger partial charge is 0.193 e. The summed E-state index contributed by atoms with van der Waals surface area (Å²) in [6.45, 7) is 1.92. The van der Waals surface area contributed by atoms with Gasteiger partial charge in [0.2, 0.25) is 0 Å². The van der Waals surface area contributed by atoms with Crippen LogP contribution in [0.1, 0.15) is 5.56 Å². The Morgan fingerprint density at radius 2 is 2.17 bits per heavy atom. The molecule has 1 N–H and O–H groups in total. The van der Waals surface area contributed by atoms with E-state index in [1.54, 1.807) is 19.4 Å². The number of hydrogen-bond donors (Lipinski definition) is 1. The summed E-state index contributed by atoms with van der Waals surface area (Å²) in [5.41, 5.74) is 1.13.